The Labute approximate surface area is 142 Å². The van der Waals surface area contributed by atoms with Crippen LogP contribution in [0.4, 0.5) is 4.39 Å². The molecule has 2 aromatic rings. The van der Waals surface area contributed by atoms with E-state index in [0.717, 1.165) is 30.4 Å². The molecule has 4 heteroatoms. The molecular weight excluding hydrogens is 303 g/mol. The van der Waals surface area contributed by atoms with Gasteiger partial charge in [0.05, 0.1) is 6.04 Å². The zero-order chi connectivity index (χ0) is 16.9. The molecule has 0 heterocycles. The first-order chi connectivity index (χ1) is 11.7. The van der Waals surface area contributed by atoms with Crippen LogP contribution < -0.4 is 11.1 Å². The number of benzene rings is 2. The van der Waals surface area contributed by atoms with E-state index in [-0.39, 0.29) is 29.6 Å². The number of hydrogen-bond acceptors (Lipinski definition) is 2. The summed E-state index contributed by atoms with van der Waals surface area (Å²) >= 11 is 0. The third kappa shape index (κ3) is 3.65. The van der Waals surface area contributed by atoms with E-state index >= 15 is 0 Å². The minimum Gasteiger partial charge on any atom is -0.345 e. The van der Waals surface area contributed by atoms with Crippen LogP contribution in [0, 0.1) is 17.7 Å². The smallest absolute Gasteiger partial charge is 0.224 e. The molecule has 0 spiro atoms. The topological polar surface area (TPSA) is 55.1 Å². The highest BCUT2D eigenvalue weighted by atomic mass is 19.1. The maximum atomic E-state index is 13.7. The number of amides is 1. The average molecular weight is 326 g/mol. The van der Waals surface area contributed by atoms with Crippen molar-refractivity contribution in [2.24, 2.45) is 17.6 Å². The van der Waals surface area contributed by atoms with Crippen LogP contribution in [0.25, 0.3) is 0 Å². The lowest BCUT2D eigenvalue weighted by Crippen LogP contribution is -2.37. The Morgan fingerprint density at radius 3 is 2.58 bits per heavy atom. The fraction of sp³-hybridized carbons (Fsp3) is 0.350. The van der Waals surface area contributed by atoms with E-state index in [1.165, 1.54) is 12.1 Å². The van der Waals surface area contributed by atoms with E-state index in [2.05, 4.69) is 5.32 Å². The van der Waals surface area contributed by atoms with Crippen LogP contribution in [0.3, 0.4) is 0 Å². The zero-order valence-electron chi connectivity index (χ0n) is 13.6. The first kappa shape index (κ1) is 16.7. The summed E-state index contributed by atoms with van der Waals surface area (Å²) in [6.45, 7) is 0.536. The van der Waals surface area contributed by atoms with E-state index in [1.54, 1.807) is 6.07 Å². The quantitative estimate of drug-likeness (QED) is 0.885. The van der Waals surface area contributed by atoms with Gasteiger partial charge in [0.2, 0.25) is 5.91 Å². The maximum absolute atomic E-state index is 13.7. The van der Waals surface area contributed by atoms with Crippen molar-refractivity contribution >= 4 is 5.91 Å². The summed E-state index contributed by atoms with van der Waals surface area (Å²) in [7, 11) is 0. The minimum atomic E-state index is -0.353. The van der Waals surface area contributed by atoms with Crippen molar-refractivity contribution < 1.29 is 9.18 Å². The molecule has 0 bridgehead atoms. The first-order valence-corrected chi connectivity index (χ1v) is 8.50. The van der Waals surface area contributed by atoms with Gasteiger partial charge in [0.1, 0.15) is 5.82 Å². The summed E-state index contributed by atoms with van der Waals surface area (Å²) in [4.78, 5) is 12.8. The van der Waals surface area contributed by atoms with Crippen molar-refractivity contribution in [1.29, 1.82) is 0 Å². The molecule has 1 saturated carbocycles. The summed E-state index contributed by atoms with van der Waals surface area (Å²) in [5.74, 6) is -0.0897. The SMILES string of the molecule is NC[C@H]1CCC[C@H]1C(=O)NC(c1ccccc1)c1cccc(F)c1. The van der Waals surface area contributed by atoms with Crippen LogP contribution in [-0.4, -0.2) is 12.5 Å². The third-order valence-corrected chi connectivity index (χ3v) is 4.90. The fourth-order valence-corrected chi connectivity index (χ4v) is 3.60. The number of nitrogens with two attached hydrogens (primary N) is 1. The number of rotatable bonds is 5. The van der Waals surface area contributed by atoms with Gasteiger partial charge in [0.15, 0.2) is 0 Å². The van der Waals surface area contributed by atoms with E-state index in [1.807, 2.05) is 36.4 Å². The number of hydrogen-bond donors (Lipinski definition) is 2. The summed E-state index contributed by atoms with van der Waals surface area (Å²) in [6, 6.07) is 15.7. The highest BCUT2D eigenvalue weighted by Gasteiger charge is 2.33. The first-order valence-electron chi connectivity index (χ1n) is 8.50. The molecule has 3 atom stereocenters. The molecule has 3 rings (SSSR count). The molecule has 126 valence electrons. The van der Waals surface area contributed by atoms with E-state index in [0.29, 0.717) is 6.54 Å². The van der Waals surface area contributed by atoms with Gasteiger partial charge in [-0.2, -0.15) is 0 Å². The Morgan fingerprint density at radius 2 is 1.88 bits per heavy atom. The van der Waals surface area contributed by atoms with Gasteiger partial charge in [-0.3, -0.25) is 4.79 Å². The Morgan fingerprint density at radius 1 is 1.12 bits per heavy atom. The summed E-state index contributed by atoms with van der Waals surface area (Å²) < 4.78 is 13.7. The van der Waals surface area contributed by atoms with Crippen LogP contribution in [0.15, 0.2) is 54.6 Å². The van der Waals surface area contributed by atoms with Gasteiger partial charge in [0, 0.05) is 5.92 Å². The second-order valence-corrected chi connectivity index (χ2v) is 6.44. The number of halogens is 1. The molecule has 0 saturated heterocycles. The van der Waals surface area contributed by atoms with Gasteiger partial charge in [-0.15, -0.1) is 0 Å². The largest absolute Gasteiger partial charge is 0.345 e. The molecule has 0 radical (unpaired) electrons. The summed E-state index contributed by atoms with van der Waals surface area (Å²) in [6.07, 6.45) is 2.92. The molecule has 1 aliphatic carbocycles. The highest BCUT2D eigenvalue weighted by molar-refractivity contribution is 5.80. The van der Waals surface area contributed by atoms with Gasteiger partial charge < -0.3 is 11.1 Å². The van der Waals surface area contributed by atoms with Crippen molar-refractivity contribution in [3.63, 3.8) is 0 Å². The Hall–Kier alpha value is -2.20. The molecule has 24 heavy (non-hydrogen) atoms. The van der Waals surface area contributed by atoms with E-state index in [9.17, 15) is 9.18 Å². The monoisotopic (exact) mass is 326 g/mol. The molecule has 1 unspecified atom stereocenters. The Balaban J connectivity index is 1.87. The molecule has 0 aromatic heterocycles. The minimum absolute atomic E-state index is 0.0149. The van der Waals surface area contributed by atoms with Crippen LogP contribution in [0.5, 0.6) is 0 Å². The lowest BCUT2D eigenvalue weighted by atomic mass is 9.93. The standard InChI is InChI=1S/C20H23FN2O/c21-17-10-4-8-15(12-17)19(14-6-2-1-3-7-14)23-20(24)18-11-5-9-16(18)13-22/h1-4,6-8,10,12,16,18-19H,5,9,11,13,22H2,(H,23,24)/t16-,18-,19?/m1/s1. The van der Waals surface area contributed by atoms with Crippen LogP contribution in [0.2, 0.25) is 0 Å². The van der Waals surface area contributed by atoms with Crippen molar-refractivity contribution in [2.75, 3.05) is 6.54 Å². The number of carbonyl (C=O) groups excluding carboxylic acids is 1. The summed E-state index contributed by atoms with van der Waals surface area (Å²) in [5.41, 5.74) is 7.50. The van der Waals surface area contributed by atoms with Gasteiger partial charge in [0.25, 0.3) is 0 Å². The Bertz CT molecular complexity index is 689. The lowest BCUT2D eigenvalue weighted by molar-refractivity contribution is -0.126. The van der Waals surface area contributed by atoms with Gasteiger partial charge in [-0.1, -0.05) is 48.9 Å². The fourth-order valence-electron chi connectivity index (χ4n) is 3.60. The summed E-state index contributed by atoms with van der Waals surface area (Å²) in [5, 5.41) is 3.12. The van der Waals surface area contributed by atoms with Crippen molar-refractivity contribution in [3.05, 3.63) is 71.5 Å². The van der Waals surface area contributed by atoms with Crippen molar-refractivity contribution in [1.82, 2.24) is 5.32 Å². The second-order valence-electron chi connectivity index (χ2n) is 6.44. The van der Waals surface area contributed by atoms with Crippen molar-refractivity contribution in [3.8, 4) is 0 Å². The van der Waals surface area contributed by atoms with Crippen LogP contribution in [-0.2, 0) is 4.79 Å². The maximum Gasteiger partial charge on any atom is 0.224 e. The normalized spacial score (nSPS) is 21.4. The predicted octanol–water partition coefficient (Wildman–Crippen LogP) is 3.41. The van der Waals surface area contributed by atoms with E-state index in [4.69, 9.17) is 5.73 Å². The van der Waals surface area contributed by atoms with Crippen LogP contribution in [0.1, 0.15) is 36.4 Å². The molecular formula is C20H23FN2O. The molecule has 1 fully saturated rings. The van der Waals surface area contributed by atoms with Gasteiger partial charge >= 0.3 is 0 Å². The van der Waals surface area contributed by atoms with Crippen LogP contribution >= 0.6 is 0 Å². The van der Waals surface area contributed by atoms with Gasteiger partial charge in [-0.05, 0) is 48.6 Å². The molecule has 3 nitrogen and oxygen atoms in total. The average Bonchev–Trinajstić information content (AvgIpc) is 3.09. The van der Waals surface area contributed by atoms with Crippen molar-refractivity contribution in [2.45, 2.75) is 25.3 Å². The third-order valence-electron chi connectivity index (χ3n) is 4.90. The lowest BCUT2D eigenvalue weighted by Gasteiger charge is -2.24. The number of carbonyl (C=O) groups is 1. The molecule has 0 aliphatic heterocycles. The molecule has 1 aliphatic rings. The predicted molar refractivity (Wildman–Crippen MR) is 92.7 cm³/mol. The molecule has 1 amide bonds. The molecule has 2 aromatic carbocycles. The van der Waals surface area contributed by atoms with E-state index < -0.39 is 0 Å². The zero-order valence-corrected chi connectivity index (χ0v) is 13.6. The second kappa shape index (κ2) is 7.58. The Kier molecular flexibility index (Phi) is 5.26. The molecule has 3 N–H and O–H groups in total. The highest BCUT2D eigenvalue weighted by Crippen LogP contribution is 2.32. The van der Waals surface area contributed by atoms with Gasteiger partial charge in [-0.25, -0.2) is 4.39 Å². The number of nitrogens with one attached hydrogen (secondary N) is 1.